The number of hydrogen-bond acceptors (Lipinski definition) is 5. The molecular weight excluding hydrogens is 434 g/mol. The SMILES string of the molecule is COc1ccc(N(Cc2cccnc2)c2ccccc2)cc1OCCNc1ccc(Cl)cc1. The summed E-state index contributed by atoms with van der Waals surface area (Å²) in [5.74, 6) is 1.39. The van der Waals surface area contributed by atoms with Gasteiger partial charge in [-0.05, 0) is 60.2 Å². The van der Waals surface area contributed by atoms with Crippen LogP contribution in [0.1, 0.15) is 5.56 Å². The van der Waals surface area contributed by atoms with E-state index in [0.717, 1.165) is 22.6 Å². The van der Waals surface area contributed by atoms with E-state index in [0.29, 0.717) is 36.2 Å². The summed E-state index contributed by atoms with van der Waals surface area (Å²) in [6.45, 7) is 1.81. The quantitative estimate of drug-likeness (QED) is 0.272. The monoisotopic (exact) mass is 459 g/mol. The molecule has 0 aliphatic rings. The molecule has 5 nitrogen and oxygen atoms in total. The number of ether oxygens (including phenoxy) is 2. The number of aromatic nitrogens is 1. The number of para-hydroxylation sites is 1. The standard InChI is InChI=1S/C27H26ClN3O2/c1-32-26-14-13-25(18-27(26)33-17-16-30-23-11-9-22(28)10-12-23)31(24-7-3-2-4-8-24)20-21-6-5-15-29-19-21/h2-15,18-19,30H,16-17,20H2,1H3. The third-order valence-corrected chi connectivity index (χ3v) is 5.38. The van der Waals surface area contributed by atoms with E-state index in [4.69, 9.17) is 21.1 Å². The smallest absolute Gasteiger partial charge is 0.163 e. The second-order valence-electron chi connectivity index (χ2n) is 7.40. The molecule has 1 N–H and O–H groups in total. The number of hydrogen-bond donors (Lipinski definition) is 1. The number of anilines is 3. The number of pyridine rings is 1. The fraction of sp³-hybridized carbons (Fsp3) is 0.148. The van der Waals surface area contributed by atoms with Crippen LogP contribution in [0.4, 0.5) is 17.1 Å². The molecule has 3 aromatic carbocycles. The molecule has 4 aromatic rings. The Labute approximate surface area is 199 Å². The van der Waals surface area contributed by atoms with Crippen LogP contribution in [0.5, 0.6) is 11.5 Å². The number of benzene rings is 3. The van der Waals surface area contributed by atoms with Crippen LogP contribution < -0.4 is 19.7 Å². The molecule has 0 aliphatic carbocycles. The predicted octanol–water partition coefficient (Wildman–Crippen LogP) is 6.57. The average Bonchev–Trinajstić information content (AvgIpc) is 2.87. The van der Waals surface area contributed by atoms with Gasteiger partial charge >= 0.3 is 0 Å². The predicted molar refractivity (Wildman–Crippen MR) is 135 cm³/mol. The molecule has 0 saturated heterocycles. The lowest BCUT2D eigenvalue weighted by molar-refractivity contribution is 0.306. The maximum Gasteiger partial charge on any atom is 0.163 e. The molecular formula is C27H26ClN3O2. The number of nitrogens with one attached hydrogen (secondary N) is 1. The average molecular weight is 460 g/mol. The molecule has 0 atom stereocenters. The van der Waals surface area contributed by atoms with Gasteiger partial charge in [-0.1, -0.05) is 35.9 Å². The molecule has 0 spiro atoms. The summed E-state index contributed by atoms with van der Waals surface area (Å²) in [7, 11) is 1.65. The molecule has 0 radical (unpaired) electrons. The third-order valence-electron chi connectivity index (χ3n) is 5.12. The maximum absolute atomic E-state index is 6.10. The van der Waals surface area contributed by atoms with Crippen LogP contribution in [0.2, 0.25) is 5.02 Å². The van der Waals surface area contributed by atoms with E-state index in [9.17, 15) is 0 Å². The van der Waals surface area contributed by atoms with Crippen LogP contribution in [0.3, 0.4) is 0 Å². The first-order valence-corrected chi connectivity index (χ1v) is 11.1. The van der Waals surface area contributed by atoms with Gasteiger partial charge in [-0.25, -0.2) is 0 Å². The van der Waals surface area contributed by atoms with Gasteiger partial charge < -0.3 is 19.7 Å². The van der Waals surface area contributed by atoms with E-state index in [1.54, 1.807) is 13.3 Å². The lowest BCUT2D eigenvalue weighted by Gasteiger charge is -2.26. The number of methoxy groups -OCH3 is 1. The van der Waals surface area contributed by atoms with E-state index in [1.165, 1.54) is 0 Å². The van der Waals surface area contributed by atoms with E-state index in [1.807, 2.05) is 72.9 Å². The summed E-state index contributed by atoms with van der Waals surface area (Å²) < 4.78 is 11.6. The minimum Gasteiger partial charge on any atom is -0.493 e. The summed E-state index contributed by atoms with van der Waals surface area (Å²) in [5, 5.41) is 4.05. The Morgan fingerprint density at radius 2 is 1.70 bits per heavy atom. The van der Waals surface area contributed by atoms with Gasteiger partial charge in [0.25, 0.3) is 0 Å². The van der Waals surface area contributed by atoms with Crippen molar-refractivity contribution in [3.63, 3.8) is 0 Å². The van der Waals surface area contributed by atoms with Gasteiger partial charge in [0.05, 0.1) is 7.11 Å². The van der Waals surface area contributed by atoms with Crippen LogP contribution in [-0.2, 0) is 6.54 Å². The maximum atomic E-state index is 6.10. The highest BCUT2D eigenvalue weighted by Gasteiger charge is 2.14. The molecule has 6 heteroatoms. The summed E-state index contributed by atoms with van der Waals surface area (Å²) in [4.78, 5) is 6.50. The molecule has 33 heavy (non-hydrogen) atoms. The van der Waals surface area contributed by atoms with Gasteiger partial charge in [-0.2, -0.15) is 0 Å². The van der Waals surface area contributed by atoms with Crippen LogP contribution in [0, 0.1) is 0 Å². The van der Waals surface area contributed by atoms with Gasteiger partial charge in [0.1, 0.15) is 6.61 Å². The number of halogens is 1. The van der Waals surface area contributed by atoms with Gasteiger partial charge in [0.15, 0.2) is 11.5 Å². The summed E-state index contributed by atoms with van der Waals surface area (Å²) in [6.07, 6.45) is 3.67. The Balaban J connectivity index is 1.51. The second kappa shape index (κ2) is 11.2. The zero-order chi connectivity index (χ0) is 22.9. The van der Waals surface area contributed by atoms with E-state index < -0.39 is 0 Å². The van der Waals surface area contributed by atoms with E-state index >= 15 is 0 Å². The van der Waals surface area contributed by atoms with Crippen LogP contribution in [-0.4, -0.2) is 25.2 Å². The van der Waals surface area contributed by atoms with Crippen molar-refractivity contribution in [2.75, 3.05) is 30.5 Å². The number of rotatable bonds is 10. The molecule has 4 rings (SSSR count). The van der Waals surface area contributed by atoms with Crippen molar-refractivity contribution < 1.29 is 9.47 Å². The van der Waals surface area contributed by atoms with Crippen LogP contribution in [0.15, 0.2) is 97.3 Å². The highest BCUT2D eigenvalue weighted by atomic mass is 35.5. The molecule has 0 amide bonds. The Morgan fingerprint density at radius 1 is 0.879 bits per heavy atom. The molecule has 0 fully saturated rings. The molecule has 0 aliphatic heterocycles. The van der Waals surface area contributed by atoms with Crippen LogP contribution in [0.25, 0.3) is 0 Å². The lowest BCUT2D eigenvalue weighted by atomic mass is 10.2. The van der Waals surface area contributed by atoms with E-state index in [2.05, 4.69) is 33.4 Å². The molecule has 0 saturated carbocycles. The third kappa shape index (κ3) is 6.18. The van der Waals surface area contributed by atoms with Crippen molar-refractivity contribution in [1.29, 1.82) is 0 Å². The molecule has 0 bridgehead atoms. The van der Waals surface area contributed by atoms with Crippen molar-refractivity contribution in [2.45, 2.75) is 6.54 Å². The lowest BCUT2D eigenvalue weighted by Crippen LogP contribution is -2.17. The molecule has 0 unspecified atom stereocenters. The first-order chi connectivity index (χ1) is 16.2. The second-order valence-corrected chi connectivity index (χ2v) is 7.84. The van der Waals surface area contributed by atoms with Crippen molar-refractivity contribution in [3.05, 3.63) is 108 Å². The Morgan fingerprint density at radius 3 is 2.42 bits per heavy atom. The van der Waals surface area contributed by atoms with Gasteiger partial charge in [-0.15, -0.1) is 0 Å². The zero-order valence-corrected chi connectivity index (χ0v) is 19.2. The molecule has 1 heterocycles. The van der Waals surface area contributed by atoms with Gasteiger partial charge in [0.2, 0.25) is 0 Å². The van der Waals surface area contributed by atoms with Gasteiger partial charge in [0, 0.05) is 53.6 Å². The Kier molecular flexibility index (Phi) is 7.67. The minimum atomic E-state index is 0.483. The number of nitrogens with zero attached hydrogens (tertiary/aromatic N) is 2. The largest absolute Gasteiger partial charge is 0.493 e. The van der Waals surface area contributed by atoms with Crippen molar-refractivity contribution in [1.82, 2.24) is 4.98 Å². The highest BCUT2D eigenvalue weighted by Crippen LogP contribution is 2.35. The summed E-state index contributed by atoms with van der Waals surface area (Å²) >= 11 is 5.95. The minimum absolute atomic E-state index is 0.483. The summed E-state index contributed by atoms with van der Waals surface area (Å²) in [5.41, 5.74) is 4.20. The first-order valence-electron chi connectivity index (χ1n) is 10.7. The normalized spacial score (nSPS) is 10.5. The molecule has 168 valence electrons. The highest BCUT2D eigenvalue weighted by molar-refractivity contribution is 6.30. The Hall–Kier alpha value is -3.70. The topological polar surface area (TPSA) is 46.6 Å². The van der Waals surface area contributed by atoms with E-state index in [-0.39, 0.29) is 0 Å². The molecule has 1 aromatic heterocycles. The van der Waals surface area contributed by atoms with Crippen LogP contribution >= 0.6 is 11.6 Å². The first kappa shape index (κ1) is 22.5. The fourth-order valence-corrected chi connectivity index (χ4v) is 3.61. The van der Waals surface area contributed by atoms with Crippen molar-refractivity contribution in [2.24, 2.45) is 0 Å². The van der Waals surface area contributed by atoms with Gasteiger partial charge in [-0.3, -0.25) is 4.98 Å². The summed E-state index contributed by atoms with van der Waals surface area (Å²) in [6, 6.07) is 27.9. The van der Waals surface area contributed by atoms with Crippen molar-refractivity contribution >= 4 is 28.7 Å². The zero-order valence-electron chi connectivity index (χ0n) is 18.4. The fourth-order valence-electron chi connectivity index (χ4n) is 3.48. The van der Waals surface area contributed by atoms with Crippen molar-refractivity contribution in [3.8, 4) is 11.5 Å². The Bertz CT molecular complexity index is 1140.